The van der Waals surface area contributed by atoms with Gasteiger partial charge in [0, 0.05) is 5.41 Å². The fraction of sp³-hybridized carbons (Fsp3) is 0.438. The van der Waals surface area contributed by atoms with E-state index in [2.05, 4.69) is 13.8 Å². The van der Waals surface area contributed by atoms with E-state index in [4.69, 9.17) is 4.98 Å². The lowest BCUT2D eigenvalue weighted by Crippen LogP contribution is -2.18. The van der Waals surface area contributed by atoms with Gasteiger partial charge in [-0.25, -0.2) is 9.37 Å². The highest BCUT2D eigenvalue weighted by atomic mass is 32.1. The summed E-state index contributed by atoms with van der Waals surface area (Å²) in [7, 11) is 0. The van der Waals surface area contributed by atoms with Crippen LogP contribution in [0.1, 0.15) is 53.9 Å². The highest BCUT2D eigenvalue weighted by molar-refractivity contribution is 7.12. The Morgan fingerprint density at radius 3 is 2.65 bits per heavy atom. The molecule has 0 saturated carbocycles. The van der Waals surface area contributed by atoms with E-state index in [-0.39, 0.29) is 17.3 Å². The smallest absolute Gasteiger partial charge is 0.123 e. The van der Waals surface area contributed by atoms with Gasteiger partial charge in [-0.3, -0.25) is 0 Å². The Kier molecular flexibility index (Phi) is 3.38. The van der Waals surface area contributed by atoms with Crippen LogP contribution in [0.3, 0.4) is 0 Å². The van der Waals surface area contributed by atoms with E-state index in [0.717, 1.165) is 40.4 Å². The van der Waals surface area contributed by atoms with Crippen molar-refractivity contribution in [3.05, 3.63) is 51.2 Å². The van der Waals surface area contributed by atoms with Crippen LogP contribution in [0.2, 0.25) is 0 Å². The molecule has 1 unspecified atom stereocenters. The van der Waals surface area contributed by atoms with Crippen LogP contribution in [-0.2, 0) is 11.8 Å². The normalized spacial score (nSPS) is 18.9. The summed E-state index contributed by atoms with van der Waals surface area (Å²) < 4.78 is 13.1. The van der Waals surface area contributed by atoms with Gasteiger partial charge in [-0.15, -0.1) is 11.3 Å². The van der Waals surface area contributed by atoms with Gasteiger partial charge in [0.2, 0.25) is 0 Å². The standard InChI is InChI=1S/C16H18FNOS/c1-16(2,10-6-8-11(17)9-7-10)15-18-12-4-3-5-13(19)14(12)20-15/h6-9,13,19H,3-5H2,1-2H3. The third kappa shape index (κ3) is 2.27. The first-order valence-electron chi connectivity index (χ1n) is 6.92. The molecule has 1 aromatic carbocycles. The molecule has 2 nitrogen and oxygen atoms in total. The number of aromatic nitrogens is 1. The number of nitrogens with zero attached hydrogens (tertiary/aromatic N) is 1. The number of aliphatic hydroxyl groups is 1. The zero-order chi connectivity index (χ0) is 14.3. The average Bonchev–Trinajstić information content (AvgIpc) is 2.85. The molecule has 1 atom stereocenters. The van der Waals surface area contributed by atoms with E-state index in [1.807, 2.05) is 12.1 Å². The van der Waals surface area contributed by atoms with Gasteiger partial charge in [0.05, 0.1) is 16.7 Å². The highest BCUT2D eigenvalue weighted by Crippen LogP contribution is 2.40. The van der Waals surface area contributed by atoms with Crippen LogP contribution in [0.5, 0.6) is 0 Å². The number of thiazole rings is 1. The number of halogens is 1. The van der Waals surface area contributed by atoms with Gasteiger partial charge in [0.15, 0.2) is 0 Å². The molecule has 0 amide bonds. The largest absolute Gasteiger partial charge is 0.388 e. The Labute approximate surface area is 122 Å². The van der Waals surface area contributed by atoms with Crippen LogP contribution in [0.4, 0.5) is 4.39 Å². The quantitative estimate of drug-likeness (QED) is 0.908. The molecule has 1 aliphatic carbocycles. The van der Waals surface area contributed by atoms with Crippen molar-refractivity contribution < 1.29 is 9.50 Å². The molecule has 0 aliphatic heterocycles. The third-order valence-corrected chi connectivity index (χ3v) is 5.54. The monoisotopic (exact) mass is 291 g/mol. The average molecular weight is 291 g/mol. The van der Waals surface area contributed by atoms with E-state index in [1.54, 1.807) is 11.3 Å². The van der Waals surface area contributed by atoms with Crippen LogP contribution < -0.4 is 0 Å². The van der Waals surface area contributed by atoms with Crippen molar-refractivity contribution >= 4 is 11.3 Å². The fourth-order valence-electron chi connectivity index (χ4n) is 2.65. The predicted octanol–water partition coefficient (Wildman–Crippen LogP) is 3.98. The summed E-state index contributed by atoms with van der Waals surface area (Å²) in [6.45, 7) is 4.19. The number of hydrogen-bond donors (Lipinski definition) is 1. The van der Waals surface area contributed by atoms with Gasteiger partial charge in [0.25, 0.3) is 0 Å². The second-order valence-corrected chi connectivity index (χ2v) is 6.90. The zero-order valence-corrected chi connectivity index (χ0v) is 12.5. The second kappa shape index (κ2) is 4.93. The van der Waals surface area contributed by atoms with Gasteiger partial charge in [-0.05, 0) is 50.8 Å². The first-order chi connectivity index (χ1) is 9.48. The fourth-order valence-corrected chi connectivity index (χ4v) is 3.91. The first-order valence-corrected chi connectivity index (χ1v) is 7.74. The summed E-state index contributed by atoms with van der Waals surface area (Å²) in [5.41, 5.74) is 1.81. The van der Waals surface area contributed by atoms with Crippen molar-refractivity contribution in [3.63, 3.8) is 0 Å². The molecule has 4 heteroatoms. The molecule has 0 saturated heterocycles. The molecule has 0 radical (unpaired) electrons. The van der Waals surface area contributed by atoms with Crippen molar-refractivity contribution in [2.45, 2.75) is 44.6 Å². The molecule has 0 bridgehead atoms. The molecule has 1 N–H and O–H groups in total. The van der Waals surface area contributed by atoms with Crippen molar-refractivity contribution in [2.24, 2.45) is 0 Å². The number of benzene rings is 1. The Morgan fingerprint density at radius 2 is 2.00 bits per heavy atom. The molecule has 3 rings (SSSR count). The van der Waals surface area contributed by atoms with Crippen LogP contribution in [-0.4, -0.2) is 10.1 Å². The minimum atomic E-state index is -0.367. The molecule has 0 fully saturated rings. The van der Waals surface area contributed by atoms with Gasteiger partial charge in [-0.1, -0.05) is 12.1 Å². The topological polar surface area (TPSA) is 33.1 Å². The van der Waals surface area contributed by atoms with E-state index >= 15 is 0 Å². The number of aliphatic hydroxyl groups excluding tert-OH is 1. The van der Waals surface area contributed by atoms with Crippen molar-refractivity contribution in [3.8, 4) is 0 Å². The van der Waals surface area contributed by atoms with E-state index in [9.17, 15) is 9.50 Å². The molecule has 2 aromatic rings. The van der Waals surface area contributed by atoms with Crippen LogP contribution in [0.15, 0.2) is 24.3 Å². The minimum Gasteiger partial charge on any atom is -0.388 e. The second-order valence-electron chi connectivity index (χ2n) is 5.87. The molecular weight excluding hydrogens is 273 g/mol. The molecule has 106 valence electrons. The van der Waals surface area contributed by atoms with Gasteiger partial charge >= 0.3 is 0 Å². The van der Waals surface area contributed by atoms with Crippen molar-refractivity contribution in [2.75, 3.05) is 0 Å². The lowest BCUT2D eigenvalue weighted by Gasteiger charge is -2.22. The highest BCUT2D eigenvalue weighted by Gasteiger charge is 2.31. The molecular formula is C16H18FNOS. The summed E-state index contributed by atoms with van der Waals surface area (Å²) >= 11 is 1.59. The van der Waals surface area contributed by atoms with Gasteiger partial charge in [-0.2, -0.15) is 0 Å². The summed E-state index contributed by atoms with van der Waals surface area (Å²) in [6.07, 6.45) is 2.40. The number of aryl methyl sites for hydroxylation is 1. The SMILES string of the molecule is CC(C)(c1ccc(F)cc1)c1nc2c(s1)C(O)CCC2. The molecule has 0 spiro atoms. The number of fused-ring (bicyclic) bond motifs is 1. The third-order valence-electron chi connectivity index (χ3n) is 4.02. The summed E-state index contributed by atoms with van der Waals surface area (Å²) in [4.78, 5) is 5.75. The maximum Gasteiger partial charge on any atom is 0.123 e. The van der Waals surface area contributed by atoms with Crippen LogP contribution in [0, 0.1) is 5.82 Å². The predicted molar refractivity (Wildman–Crippen MR) is 78.5 cm³/mol. The van der Waals surface area contributed by atoms with E-state index < -0.39 is 0 Å². The van der Waals surface area contributed by atoms with Crippen LogP contribution >= 0.6 is 11.3 Å². The van der Waals surface area contributed by atoms with Gasteiger partial charge < -0.3 is 5.11 Å². The van der Waals surface area contributed by atoms with E-state index in [1.165, 1.54) is 12.1 Å². The molecule has 1 aliphatic rings. The number of hydrogen-bond acceptors (Lipinski definition) is 3. The maximum atomic E-state index is 13.1. The summed E-state index contributed by atoms with van der Waals surface area (Å²) in [5.74, 6) is -0.224. The Morgan fingerprint density at radius 1 is 1.30 bits per heavy atom. The Balaban J connectivity index is 2.01. The van der Waals surface area contributed by atoms with Gasteiger partial charge in [0.1, 0.15) is 10.8 Å². The number of rotatable bonds is 2. The lowest BCUT2D eigenvalue weighted by molar-refractivity contribution is 0.160. The molecule has 1 aromatic heterocycles. The first kappa shape index (κ1) is 13.7. The molecule has 20 heavy (non-hydrogen) atoms. The summed E-state index contributed by atoms with van der Waals surface area (Å²) in [6, 6.07) is 6.59. The molecule has 1 heterocycles. The minimum absolute atomic E-state index is 0.224. The Hall–Kier alpha value is -1.26. The summed E-state index contributed by atoms with van der Waals surface area (Å²) in [5, 5.41) is 11.1. The van der Waals surface area contributed by atoms with Crippen molar-refractivity contribution in [1.29, 1.82) is 0 Å². The van der Waals surface area contributed by atoms with E-state index in [0.29, 0.717) is 0 Å². The van der Waals surface area contributed by atoms with Crippen molar-refractivity contribution in [1.82, 2.24) is 4.98 Å². The zero-order valence-electron chi connectivity index (χ0n) is 11.7. The van der Waals surface area contributed by atoms with Crippen LogP contribution in [0.25, 0.3) is 0 Å². The maximum absolute atomic E-state index is 13.1. The lowest BCUT2D eigenvalue weighted by atomic mass is 9.85. The Bertz CT molecular complexity index is 618.